The lowest BCUT2D eigenvalue weighted by molar-refractivity contribution is 0.0951. The van der Waals surface area contributed by atoms with Crippen LogP contribution in [-0.2, 0) is 9.47 Å². The number of carbonyl (C=O) groups excluding carboxylic acids is 2. The maximum Gasteiger partial charge on any atom is 0.495 e. The van der Waals surface area contributed by atoms with Gasteiger partial charge >= 0.3 is 12.4 Å². The van der Waals surface area contributed by atoms with E-state index in [1.807, 2.05) is 0 Å². The van der Waals surface area contributed by atoms with Crippen LogP contribution in [0.3, 0.4) is 0 Å². The average molecular weight is 168 g/mol. The number of ether oxygens (including phenoxy) is 2. The fourth-order valence-electron chi connectivity index (χ4n) is 0.364. The van der Waals surface area contributed by atoms with Crippen molar-refractivity contribution in [2.45, 2.75) is 6.42 Å². The van der Waals surface area contributed by atoms with Crippen molar-refractivity contribution in [3.63, 3.8) is 0 Å². The molecule has 0 heterocycles. The number of rotatable bonds is 4. The van der Waals surface area contributed by atoms with Crippen molar-refractivity contribution >= 4 is 12.4 Å². The molecule has 0 amide bonds. The van der Waals surface area contributed by atoms with Gasteiger partial charge in [-0.05, 0) is 0 Å². The van der Waals surface area contributed by atoms with Crippen molar-refractivity contribution in [3.8, 4) is 0 Å². The molecule has 0 rings (SSSR count). The van der Waals surface area contributed by atoms with Crippen molar-refractivity contribution in [2.75, 3.05) is 13.2 Å². The molecule has 0 atom stereocenters. The first-order chi connectivity index (χ1) is 5.13. The van der Waals surface area contributed by atoms with Gasteiger partial charge in [0.2, 0.25) is 0 Å². The Balaban J connectivity index is 3.03. The minimum absolute atomic E-state index is 0.0747. The molecular formula is C5H6F2O4. The van der Waals surface area contributed by atoms with E-state index in [4.69, 9.17) is 0 Å². The molecule has 0 N–H and O–H groups in total. The van der Waals surface area contributed by atoms with E-state index >= 15 is 0 Å². The lowest BCUT2D eigenvalue weighted by Gasteiger charge is -1.98. The Bertz CT molecular complexity index is 131. The summed E-state index contributed by atoms with van der Waals surface area (Å²) in [5.41, 5.74) is 0. The van der Waals surface area contributed by atoms with Gasteiger partial charge in [0.05, 0.1) is 13.2 Å². The van der Waals surface area contributed by atoms with Crippen LogP contribution in [0.25, 0.3) is 0 Å². The standard InChI is InChI=1S/C5H6F2O4/c6-4(8)10-2-1-3-11-5(7)9/h1-3H2. The molecular weight excluding hydrogens is 162 g/mol. The van der Waals surface area contributed by atoms with E-state index in [2.05, 4.69) is 9.47 Å². The SMILES string of the molecule is O=C(F)OCCCOC(=O)F. The third kappa shape index (κ3) is 8.80. The van der Waals surface area contributed by atoms with E-state index in [1.54, 1.807) is 0 Å². The topological polar surface area (TPSA) is 52.6 Å². The second-order valence-corrected chi connectivity index (χ2v) is 1.53. The molecule has 0 bridgehead atoms. The Hall–Kier alpha value is -1.20. The number of carbonyl (C=O) groups is 2. The van der Waals surface area contributed by atoms with Crippen molar-refractivity contribution in [1.82, 2.24) is 0 Å². The number of hydrogen-bond donors (Lipinski definition) is 0. The molecule has 0 aliphatic carbocycles. The molecule has 4 nitrogen and oxygen atoms in total. The smallest absolute Gasteiger partial charge is 0.440 e. The molecule has 0 aromatic rings. The summed E-state index contributed by atoms with van der Waals surface area (Å²) >= 11 is 0. The van der Waals surface area contributed by atoms with Crippen LogP contribution < -0.4 is 0 Å². The lowest BCUT2D eigenvalue weighted by Crippen LogP contribution is -2.03. The van der Waals surface area contributed by atoms with E-state index in [1.165, 1.54) is 0 Å². The highest BCUT2D eigenvalue weighted by Gasteiger charge is 1.99. The minimum atomic E-state index is -1.91. The quantitative estimate of drug-likeness (QED) is 0.472. The van der Waals surface area contributed by atoms with E-state index in [-0.39, 0.29) is 19.6 Å². The maximum atomic E-state index is 11.2. The summed E-state index contributed by atoms with van der Waals surface area (Å²) in [7, 11) is 0. The Morgan fingerprint density at radius 3 is 1.64 bits per heavy atom. The fourth-order valence-corrected chi connectivity index (χ4v) is 0.364. The van der Waals surface area contributed by atoms with Crippen molar-refractivity contribution in [1.29, 1.82) is 0 Å². The molecule has 6 heteroatoms. The zero-order chi connectivity index (χ0) is 8.69. The first-order valence-electron chi connectivity index (χ1n) is 2.77. The van der Waals surface area contributed by atoms with Gasteiger partial charge in [-0.3, -0.25) is 0 Å². The van der Waals surface area contributed by atoms with Crippen molar-refractivity contribution < 1.29 is 27.8 Å². The van der Waals surface area contributed by atoms with Gasteiger partial charge in [-0.2, -0.15) is 0 Å². The summed E-state index contributed by atoms with van der Waals surface area (Å²) in [6, 6.07) is 0. The second-order valence-electron chi connectivity index (χ2n) is 1.53. The lowest BCUT2D eigenvalue weighted by atomic mass is 10.5. The Labute approximate surface area is 61.1 Å². The first-order valence-corrected chi connectivity index (χ1v) is 2.77. The predicted octanol–water partition coefficient (Wildman–Crippen LogP) is 1.59. The zero-order valence-corrected chi connectivity index (χ0v) is 5.51. The van der Waals surface area contributed by atoms with Crippen LogP contribution in [0.1, 0.15) is 6.42 Å². The van der Waals surface area contributed by atoms with Gasteiger partial charge in [0, 0.05) is 6.42 Å². The van der Waals surface area contributed by atoms with Gasteiger partial charge in [-0.1, -0.05) is 0 Å². The van der Waals surface area contributed by atoms with Gasteiger partial charge in [-0.15, -0.1) is 8.78 Å². The van der Waals surface area contributed by atoms with Crippen LogP contribution >= 0.6 is 0 Å². The molecule has 0 unspecified atom stereocenters. The monoisotopic (exact) mass is 168 g/mol. The molecule has 0 aromatic carbocycles. The molecule has 0 aromatic heterocycles. The van der Waals surface area contributed by atoms with Crippen LogP contribution in [-0.4, -0.2) is 25.7 Å². The third-order valence-electron chi connectivity index (χ3n) is 0.720. The van der Waals surface area contributed by atoms with Crippen molar-refractivity contribution in [2.24, 2.45) is 0 Å². The molecule has 0 aliphatic rings. The average Bonchev–Trinajstić information content (AvgIpc) is 1.85. The molecule has 64 valence electrons. The van der Waals surface area contributed by atoms with E-state index in [9.17, 15) is 18.4 Å². The van der Waals surface area contributed by atoms with Gasteiger partial charge in [-0.25, -0.2) is 9.59 Å². The predicted molar refractivity (Wildman–Crippen MR) is 29.5 cm³/mol. The van der Waals surface area contributed by atoms with Crippen LogP contribution in [0, 0.1) is 0 Å². The largest absolute Gasteiger partial charge is 0.495 e. The summed E-state index contributed by atoms with van der Waals surface area (Å²) < 4.78 is 30.1. The van der Waals surface area contributed by atoms with Crippen LogP contribution in [0.4, 0.5) is 18.4 Å². The molecule has 0 radical (unpaired) electrons. The van der Waals surface area contributed by atoms with Crippen LogP contribution in [0.2, 0.25) is 0 Å². The Morgan fingerprint density at radius 1 is 1.00 bits per heavy atom. The van der Waals surface area contributed by atoms with E-state index < -0.39 is 12.4 Å². The molecule has 0 aliphatic heterocycles. The number of hydrogen-bond acceptors (Lipinski definition) is 4. The van der Waals surface area contributed by atoms with Gasteiger partial charge < -0.3 is 9.47 Å². The highest BCUT2D eigenvalue weighted by molar-refractivity contribution is 5.58. The summed E-state index contributed by atoms with van der Waals surface area (Å²) in [5, 5.41) is 0. The highest BCUT2D eigenvalue weighted by atomic mass is 19.2. The highest BCUT2D eigenvalue weighted by Crippen LogP contribution is 1.89. The van der Waals surface area contributed by atoms with E-state index in [0.29, 0.717) is 0 Å². The summed E-state index contributed by atoms with van der Waals surface area (Å²) in [6.45, 7) is -0.467. The maximum absolute atomic E-state index is 11.2. The Kier molecular flexibility index (Phi) is 4.97. The van der Waals surface area contributed by atoms with E-state index in [0.717, 1.165) is 0 Å². The third-order valence-corrected chi connectivity index (χ3v) is 0.720. The van der Waals surface area contributed by atoms with Crippen molar-refractivity contribution in [3.05, 3.63) is 0 Å². The first kappa shape index (κ1) is 9.80. The fraction of sp³-hybridized carbons (Fsp3) is 0.600. The Morgan fingerprint density at radius 2 is 1.36 bits per heavy atom. The minimum Gasteiger partial charge on any atom is -0.440 e. The molecule has 0 spiro atoms. The number of halogens is 2. The van der Waals surface area contributed by atoms with Gasteiger partial charge in [0.25, 0.3) is 0 Å². The summed E-state index contributed by atoms with van der Waals surface area (Å²) in [5.74, 6) is 0. The van der Waals surface area contributed by atoms with Gasteiger partial charge in [0.15, 0.2) is 0 Å². The summed E-state index contributed by atoms with van der Waals surface area (Å²) in [4.78, 5) is 18.9. The molecule has 0 saturated heterocycles. The van der Waals surface area contributed by atoms with Crippen LogP contribution in [0.5, 0.6) is 0 Å². The summed E-state index contributed by atoms with van der Waals surface area (Å²) in [6.07, 6.45) is -3.74. The molecule has 0 saturated carbocycles. The second kappa shape index (κ2) is 5.57. The molecule has 11 heavy (non-hydrogen) atoms. The van der Waals surface area contributed by atoms with Crippen LogP contribution in [0.15, 0.2) is 0 Å². The normalized spacial score (nSPS) is 8.91. The van der Waals surface area contributed by atoms with Gasteiger partial charge in [0.1, 0.15) is 0 Å². The zero-order valence-electron chi connectivity index (χ0n) is 5.51. The molecule has 0 fully saturated rings.